The first-order valence-corrected chi connectivity index (χ1v) is 8.16. The topological polar surface area (TPSA) is 96.4 Å². The molecule has 0 bridgehead atoms. The van der Waals surface area contributed by atoms with Crippen molar-refractivity contribution in [3.8, 4) is 10.6 Å². The van der Waals surface area contributed by atoms with E-state index >= 15 is 0 Å². The van der Waals surface area contributed by atoms with Crippen LogP contribution in [0.15, 0.2) is 52.9 Å². The molecule has 3 aromatic rings. The normalized spacial score (nSPS) is 10.8. The number of thiophene rings is 1. The van der Waals surface area contributed by atoms with Gasteiger partial charge in [0.2, 0.25) is 0 Å². The van der Waals surface area contributed by atoms with E-state index in [9.17, 15) is 9.59 Å². The molecule has 0 saturated heterocycles. The second-order valence-electron chi connectivity index (χ2n) is 4.96. The van der Waals surface area contributed by atoms with Gasteiger partial charge in [0.25, 0.3) is 5.91 Å². The van der Waals surface area contributed by atoms with Crippen molar-refractivity contribution < 1.29 is 14.3 Å². The third kappa shape index (κ3) is 3.99. The van der Waals surface area contributed by atoms with E-state index in [-0.39, 0.29) is 5.69 Å². The Balaban J connectivity index is 1.60. The number of benzene rings is 1. The zero-order valence-electron chi connectivity index (χ0n) is 13.2. The lowest BCUT2D eigenvalue weighted by atomic mass is 10.1. The predicted molar refractivity (Wildman–Crippen MR) is 94.7 cm³/mol. The minimum absolute atomic E-state index is 0.251. The van der Waals surface area contributed by atoms with E-state index in [1.54, 1.807) is 41.7 Å². The second-order valence-corrected chi connectivity index (χ2v) is 5.90. The number of hydrogen-bond acceptors (Lipinski definition) is 6. The van der Waals surface area contributed by atoms with Crippen LogP contribution in [0.4, 0.5) is 0 Å². The van der Waals surface area contributed by atoms with Crippen LogP contribution in [-0.4, -0.2) is 35.4 Å². The monoisotopic (exact) mass is 354 g/mol. The average molecular weight is 354 g/mol. The molecule has 2 aromatic heterocycles. The van der Waals surface area contributed by atoms with Crippen LogP contribution in [0.25, 0.3) is 10.6 Å². The van der Waals surface area contributed by atoms with Gasteiger partial charge in [-0.1, -0.05) is 18.2 Å². The number of aromatic nitrogens is 2. The summed E-state index contributed by atoms with van der Waals surface area (Å²) < 4.78 is 4.63. The van der Waals surface area contributed by atoms with Gasteiger partial charge in [-0.05, 0) is 35.2 Å². The van der Waals surface area contributed by atoms with Crippen molar-refractivity contribution in [3.05, 3.63) is 64.7 Å². The molecule has 1 aromatic carbocycles. The number of hydrazone groups is 1. The number of carbonyl (C=O) groups excluding carboxylic acids is 2. The number of nitrogens with zero attached hydrogens (tertiary/aromatic N) is 2. The van der Waals surface area contributed by atoms with Crippen LogP contribution >= 0.6 is 11.3 Å². The van der Waals surface area contributed by atoms with Crippen molar-refractivity contribution in [2.24, 2.45) is 5.10 Å². The fourth-order valence-electron chi connectivity index (χ4n) is 2.04. The van der Waals surface area contributed by atoms with Crippen LogP contribution in [0, 0.1) is 0 Å². The molecule has 3 rings (SSSR count). The molecule has 0 fully saturated rings. The SMILES string of the molecule is COC(=O)c1ccc(C=NNC(=O)c2cc(-c3cccs3)[nH]n2)cc1. The number of esters is 1. The Morgan fingerprint density at radius 2 is 2.08 bits per heavy atom. The highest BCUT2D eigenvalue weighted by molar-refractivity contribution is 7.13. The van der Waals surface area contributed by atoms with Crippen molar-refractivity contribution in [2.75, 3.05) is 7.11 Å². The number of methoxy groups -OCH3 is 1. The standard InChI is InChI=1S/C17H14N4O3S/c1-24-17(23)12-6-4-11(5-7-12)10-18-21-16(22)14-9-13(19-20-14)15-3-2-8-25-15/h2-10H,1H3,(H,19,20)(H,21,22). The van der Waals surface area contributed by atoms with Crippen LogP contribution in [0.3, 0.4) is 0 Å². The highest BCUT2D eigenvalue weighted by atomic mass is 32.1. The summed E-state index contributed by atoms with van der Waals surface area (Å²) in [6, 6.07) is 12.2. The first-order valence-electron chi connectivity index (χ1n) is 7.28. The van der Waals surface area contributed by atoms with Gasteiger partial charge in [-0.3, -0.25) is 9.89 Å². The number of rotatable bonds is 5. The largest absolute Gasteiger partial charge is 0.465 e. The lowest BCUT2D eigenvalue weighted by Gasteiger charge is -1.99. The minimum atomic E-state index is -0.415. The van der Waals surface area contributed by atoms with Gasteiger partial charge < -0.3 is 4.74 Å². The van der Waals surface area contributed by atoms with Gasteiger partial charge in [-0.2, -0.15) is 10.2 Å². The molecular formula is C17H14N4O3S. The van der Waals surface area contributed by atoms with Crippen LogP contribution in [0.2, 0.25) is 0 Å². The van der Waals surface area contributed by atoms with Gasteiger partial charge >= 0.3 is 5.97 Å². The summed E-state index contributed by atoms with van der Waals surface area (Å²) in [5.74, 6) is -0.821. The zero-order valence-corrected chi connectivity index (χ0v) is 14.0. The van der Waals surface area contributed by atoms with Crippen molar-refractivity contribution in [1.29, 1.82) is 0 Å². The van der Waals surface area contributed by atoms with E-state index in [4.69, 9.17) is 0 Å². The highest BCUT2D eigenvalue weighted by Gasteiger charge is 2.11. The number of nitrogens with one attached hydrogen (secondary N) is 2. The summed E-state index contributed by atoms with van der Waals surface area (Å²) in [6.45, 7) is 0. The molecule has 1 amide bonds. The Morgan fingerprint density at radius 1 is 1.28 bits per heavy atom. The summed E-state index contributed by atoms with van der Waals surface area (Å²) in [5, 5.41) is 12.6. The maximum absolute atomic E-state index is 12.0. The lowest BCUT2D eigenvalue weighted by Crippen LogP contribution is -2.18. The summed E-state index contributed by atoms with van der Waals surface area (Å²) in [7, 11) is 1.33. The molecule has 8 heteroatoms. The van der Waals surface area contributed by atoms with Gasteiger partial charge in [0.05, 0.1) is 29.5 Å². The van der Waals surface area contributed by atoms with Crippen LogP contribution in [0.5, 0.6) is 0 Å². The average Bonchev–Trinajstić information content (AvgIpc) is 3.32. The maximum atomic E-state index is 12.0. The van der Waals surface area contributed by atoms with Crippen molar-refractivity contribution in [1.82, 2.24) is 15.6 Å². The number of hydrogen-bond donors (Lipinski definition) is 2. The molecule has 0 spiro atoms. The number of ether oxygens (including phenoxy) is 1. The van der Waals surface area contributed by atoms with Crippen LogP contribution < -0.4 is 5.43 Å². The van der Waals surface area contributed by atoms with E-state index in [0.29, 0.717) is 5.56 Å². The molecule has 0 aliphatic rings. The first kappa shape index (κ1) is 16.6. The first-order chi connectivity index (χ1) is 12.2. The lowest BCUT2D eigenvalue weighted by molar-refractivity contribution is 0.0600. The highest BCUT2D eigenvalue weighted by Crippen LogP contribution is 2.22. The van der Waals surface area contributed by atoms with Gasteiger partial charge in [0, 0.05) is 0 Å². The number of aromatic amines is 1. The smallest absolute Gasteiger partial charge is 0.337 e. The Morgan fingerprint density at radius 3 is 2.76 bits per heavy atom. The van der Waals surface area contributed by atoms with Gasteiger partial charge in [0.15, 0.2) is 5.69 Å². The molecule has 2 N–H and O–H groups in total. The number of carbonyl (C=O) groups is 2. The molecule has 0 atom stereocenters. The maximum Gasteiger partial charge on any atom is 0.337 e. The molecule has 0 aliphatic heterocycles. The van der Waals surface area contributed by atoms with E-state index in [2.05, 4.69) is 25.5 Å². The van der Waals surface area contributed by atoms with E-state index < -0.39 is 11.9 Å². The van der Waals surface area contributed by atoms with Crippen molar-refractivity contribution >= 4 is 29.4 Å². The Hall–Kier alpha value is -3.26. The van der Waals surface area contributed by atoms with Gasteiger partial charge in [-0.15, -0.1) is 11.3 Å². The molecule has 25 heavy (non-hydrogen) atoms. The molecule has 7 nitrogen and oxygen atoms in total. The van der Waals surface area contributed by atoms with Crippen molar-refractivity contribution in [3.63, 3.8) is 0 Å². The number of amides is 1. The molecule has 0 unspecified atom stereocenters. The van der Waals surface area contributed by atoms with Crippen molar-refractivity contribution in [2.45, 2.75) is 0 Å². The third-order valence-corrected chi connectivity index (χ3v) is 4.21. The predicted octanol–water partition coefficient (Wildman–Crippen LogP) is 2.69. The summed E-state index contributed by atoms with van der Waals surface area (Å²) >= 11 is 1.56. The summed E-state index contributed by atoms with van der Waals surface area (Å²) in [6.07, 6.45) is 1.48. The fourth-order valence-corrected chi connectivity index (χ4v) is 2.73. The summed E-state index contributed by atoms with van der Waals surface area (Å²) in [4.78, 5) is 24.4. The quantitative estimate of drug-likeness (QED) is 0.418. The molecule has 0 saturated carbocycles. The van der Waals surface area contributed by atoms with E-state index in [1.807, 2.05) is 17.5 Å². The molecule has 0 aliphatic carbocycles. The van der Waals surface area contributed by atoms with Crippen LogP contribution in [-0.2, 0) is 4.74 Å². The Labute approximate surface area is 147 Å². The zero-order chi connectivity index (χ0) is 17.6. The molecule has 126 valence electrons. The number of H-pyrrole nitrogens is 1. The molecule has 0 radical (unpaired) electrons. The van der Waals surface area contributed by atoms with E-state index in [1.165, 1.54) is 13.3 Å². The fraction of sp³-hybridized carbons (Fsp3) is 0.0588. The van der Waals surface area contributed by atoms with E-state index in [0.717, 1.165) is 16.1 Å². The second kappa shape index (κ2) is 7.54. The molecular weight excluding hydrogens is 340 g/mol. The Bertz CT molecular complexity index is 898. The third-order valence-electron chi connectivity index (χ3n) is 3.31. The Kier molecular flexibility index (Phi) is 5.00. The minimum Gasteiger partial charge on any atom is -0.465 e. The van der Waals surface area contributed by atoms with Gasteiger partial charge in [0.1, 0.15) is 0 Å². The molecule has 2 heterocycles. The summed E-state index contributed by atoms with van der Waals surface area (Å²) in [5.41, 5.74) is 4.62. The van der Waals surface area contributed by atoms with Crippen LogP contribution in [0.1, 0.15) is 26.4 Å². The van der Waals surface area contributed by atoms with Gasteiger partial charge in [-0.25, -0.2) is 10.2 Å².